The van der Waals surface area contributed by atoms with Crippen LogP contribution in [-0.4, -0.2) is 33.9 Å². The lowest BCUT2D eigenvalue weighted by atomic mass is 10.0. The molecule has 2 aromatic heterocycles. The molecule has 0 saturated carbocycles. The number of alkyl carbamates (subject to hydrolysis) is 1. The van der Waals surface area contributed by atoms with E-state index in [1.54, 1.807) is 13.3 Å². The zero-order chi connectivity index (χ0) is 26.7. The van der Waals surface area contributed by atoms with Crippen LogP contribution in [0.5, 0.6) is 5.88 Å². The van der Waals surface area contributed by atoms with Crippen LogP contribution in [-0.2, 0) is 16.1 Å². The van der Waals surface area contributed by atoms with Crippen LogP contribution in [0, 0.1) is 0 Å². The van der Waals surface area contributed by atoms with Crippen molar-refractivity contribution in [3.05, 3.63) is 78.2 Å². The van der Waals surface area contributed by atoms with Crippen LogP contribution >= 0.6 is 0 Å². The number of para-hydroxylation sites is 1. The number of pyridine rings is 1. The predicted octanol–water partition coefficient (Wildman–Crippen LogP) is 6.53. The first kappa shape index (κ1) is 26.9. The zero-order valence-corrected chi connectivity index (χ0v) is 21.9. The molecule has 1 amide bonds. The largest absolute Gasteiger partial charge is 0.480 e. The summed E-state index contributed by atoms with van der Waals surface area (Å²) in [6, 6.07) is 19.0. The number of ketones is 1. The van der Waals surface area contributed by atoms with Crippen molar-refractivity contribution in [1.82, 2.24) is 20.3 Å². The Balaban J connectivity index is 1.49. The average molecular weight is 515 g/mol. The van der Waals surface area contributed by atoms with Crippen LogP contribution in [0.3, 0.4) is 0 Å². The lowest BCUT2D eigenvalue weighted by Crippen LogP contribution is -2.30. The van der Waals surface area contributed by atoms with Crippen molar-refractivity contribution in [3.63, 3.8) is 0 Å². The third kappa shape index (κ3) is 7.18. The van der Waals surface area contributed by atoms with E-state index in [2.05, 4.69) is 20.3 Å². The van der Waals surface area contributed by atoms with E-state index in [4.69, 9.17) is 9.47 Å². The number of hydrogen-bond donors (Lipinski definition) is 2. The molecule has 1 atom stereocenters. The molecule has 0 unspecified atom stereocenters. The number of carbonyl (C=O) groups is 2. The number of benzene rings is 2. The SMILES string of the molecule is CCC(=O)CCCCC[C@H](NC(=O)OCc1ccccc1)c1ncc(-c2cc3ccccc3nc2OC)[nH]1. The quantitative estimate of drug-likeness (QED) is 0.197. The van der Waals surface area contributed by atoms with Gasteiger partial charge in [0.2, 0.25) is 5.88 Å². The standard InChI is InChI=1S/C30H34N4O4/c1-3-23(35)15-8-5-9-17-26(34-30(36)38-20-21-12-6-4-7-13-21)28-31-19-27(32-28)24-18-22-14-10-11-16-25(22)33-29(24)37-2/h4,6-7,10-14,16,18-19,26H,3,5,8-9,15,17,20H2,1-2H3,(H,31,32)(H,34,36)/t26-/m0/s1. The lowest BCUT2D eigenvalue weighted by molar-refractivity contribution is -0.118. The van der Waals surface area contributed by atoms with Gasteiger partial charge in [0, 0.05) is 18.2 Å². The zero-order valence-electron chi connectivity index (χ0n) is 21.9. The van der Waals surface area contributed by atoms with Gasteiger partial charge < -0.3 is 19.8 Å². The summed E-state index contributed by atoms with van der Waals surface area (Å²) in [5, 5.41) is 3.96. The summed E-state index contributed by atoms with van der Waals surface area (Å²) in [5.41, 5.74) is 3.28. The van der Waals surface area contributed by atoms with Gasteiger partial charge in [0.1, 0.15) is 18.2 Å². The maximum atomic E-state index is 12.7. The third-order valence-corrected chi connectivity index (χ3v) is 6.45. The molecule has 4 rings (SSSR count). The van der Waals surface area contributed by atoms with Crippen LogP contribution in [0.4, 0.5) is 4.79 Å². The number of hydrogen-bond acceptors (Lipinski definition) is 6. The molecule has 0 radical (unpaired) electrons. The molecule has 0 spiro atoms. The number of methoxy groups -OCH3 is 1. The van der Waals surface area contributed by atoms with Gasteiger partial charge in [0.25, 0.3) is 0 Å². The van der Waals surface area contributed by atoms with Crippen LogP contribution < -0.4 is 10.1 Å². The predicted molar refractivity (Wildman–Crippen MR) is 147 cm³/mol. The second-order valence-corrected chi connectivity index (χ2v) is 9.17. The number of rotatable bonds is 13. The minimum absolute atomic E-state index is 0.182. The molecule has 4 aromatic rings. The Morgan fingerprint density at radius 3 is 2.61 bits per heavy atom. The topological polar surface area (TPSA) is 106 Å². The fraction of sp³-hybridized carbons (Fsp3) is 0.333. The van der Waals surface area contributed by atoms with Crippen molar-refractivity contribution < 1.29 is 19.1 Å². The van der Waals surface area contributed by atoms with Gasteiger partial charge in [-0.25, -0.2) is 14.8 Å². The summed E-state index contributed by atoms with van der Waals surface area (Å²) in [6.07, 6.45) is 5.59. The Morgan fingerprint density at radius 2 is 1.82 bits per heavy atom. The molecule has 8 nitrogen and oxygen atoms in total. The molecule has 2 aromatic carbocycles. The van der Waals surface area contributed by atoms with E-state index >= 15 is 0 Å². The highest BCUT2D eigenvalue weighted by Crippen LogP contribution is 2.31. The van der Waals surface area contributed by atoms with E-state index in [1.165, 1.54) is 0 Å². The molecule has 0 saturated heterocycles. The number of imidazole rings is 1. The first-order valence-corrected chi connectivity index (χ1v) is 13.0. The average Bonchev–Trinajstić information content (AvgIpc) is 3.45. The van der Waals surface area contributed by atoms with Crippen molar-refractivity contribution in [2.24, 2.45) is 0 Å². The molecule has 0 fully saturated rings. The number of unbranched alkanes of at least 4 members (excludes halogenated alkanes) is 2. The summed E-state index contributed by atoms with van der Waals surface area (Å²) in [4.78, 5) is 36.9. The van der Waals surface area contributed by atoms with Crippen LogP contribution in [0.2, 0.25) is 0 Å². The van der Waals surface area contributed by atoms with E-state index in [-0.39, 0.29) is 18.4 Å². The number of H-pyrrole nitrogens is 1. The number of nitrogens with one attached hydrogen (secondary N) is 2. The number of fused-ring (bicyclic) bond motifs is 1. The molecule has 0 aliphatic heterocycles. The fourth-order valence-corrected chi connectivity index (χ4v) is 4.31. The molecule has 2 N–H and O–H groups in total. The minimum Gasteiger partial charge on any atom is -0.480 e. The summed E-state index contributed by atoms with van der Waals surface area (Å²) in [7, 11) is 1.59. The van der Waals surface area contributed by atoms with Crippen molar-refractivity contribution in [2.75, 3.05) is 7.11 Å². The summed E-state index contributed by atoms with van der Waals surface area (Å²) in [5.74, 6) is 1.39. The van der Waals surface area contributed by atoms with E-state index in [0.29, 0.717) is 31.0 Å². The summed E-state index contributed by atoms with van der Waals surface area (Å²) < 4.78 is 11.0. The van der Waals surface area contributed by atoms with Crippen LogP contribution in [0.15, 0.2) is 66.9 Å². The van der Waals surface area contributed by atoms with E-state index in [1.807, 2.05) is 67.6 Å². The molecular weight excluding hydrogens is 480 g/mol. The van der Waals surface area contributed by atoms with Crippen LogP contribution in [0.25, 0.3) is 22.2 Å². The lowest BCUT2D eigenvalue weighted by Gasteiger charge is -2.17. The van der Waals surface area contributed by atoms with E-state index in [0.717, 1.165) is 47.0 Å². The number of ether oxygens (including phenoxy) is 2. The molecule has 38 heavy (non-hydrogen) atoms. The Morgan fingerprint density at radius 1 is 1.03 bits per heavy atom. The number of nitrogens with zero attached hydrogens (tertiary/aromatic N) is 2. The van der Waals surface area contributed by atoms with Gasteiger partial charge >= 0.3 is 6.09 Å². The van der Waals surface area contributed by atoms with Gasteiger partial charge in [-0.15, -0.1) is 0 Å². The molecule has 0 aliphatic rings. The number of aromatic amines is 1. The first-order valence-electron chi connectivity index (χ1n) is 13.0. The minimum atomic E-state index is -0.511. The maximum Gasteiger partial charge on any atom is 0.408 e. The molecule has 0 aliphatic carbocycles. The number of carbonyl (C=O) groups excluding carboxylic acids is 2. The second-order valence-electron chi connectivity index (χ2n) is 9.17. The third-order valence-electron chi connectivity index (χ3n) is 6.45. The van der Waals surface area contributed by atoms with Gasteiger partial charge in [-0.1, -0.05) is 68.3 Å². The van der Waals surface area contributed by atoms with Gasteiger partial charge in [-0.3, -0.25) is 4.79 Å². The summed E-state index contributed by atoms with van der Waals surface area (Å²) in [6.45, 7) is 2.07. The van der Waals surface area contributed by atoms with Gasteiger partial charge in [0.15, 0.2) is 0 Å². The number of aromatic nitrogens is 3. The van der Waals surface area contributed by atoms with E-state index < -0.39 is 6.09 Å². The maximum absolute atomic E-state index is 12.7. The Labute approximate surface area is 222 Å². The number of Topliss-reactive ketones (excluding diaryl/α,β-unsaturated/α-hetero) is 1. The Kier molecular flexibility index (Phi) is 9.45. The Hall–Kier alpha value is -4.20. The highest BCUT2D eigenvalue weighted by molar-refractivity contribution is 5.85. The number of amides is 1. The van der Waals surface area contributed by atoms with Crippen LogP contribution in [0.1, 0.15) is 62.9 Å². The van der Waals surface area contributed by atoms with Crippen molar-refractivity contribution in [3.8, 4) is 17.1 Å². The van der Waals surface area contributed by atoms with Gasteiger partial charge in [-0.05, 0) is 30.5 Å². The molecule has 2 heterocycles. The van der Waals surface area contributed by atoms with Gasteiger partial charge in [0.05, 0.1) is 36.1 Å². The van der Waals surface area contributed by atoms with Gasteiger partial charge in [-0.2, -0.15) is 0 Å². The van der Waals surface area contributed by atoms with Crippen molar-refractivity contribution in [2.45, 2.75) is 58.1 Å². The highest BCUT2D eigenvalue weighted by atomic mass is 16.5. The van der Waals surface area contributed by atoms with Crippen molar-refractivity contribution in [1.29, 1.82) is 0 Å². The first-order chi connectivity index (χ1) is 18.6. The summed E-state index contributed by atoms with van der Waals surface area (Å²) >= 11 is 0. The smallest absolute Gasteiger partial charge is 0.408 e. The fourth-order valence-electron chi connectivity index (χ4n) is 4.31. The second kappa shape index (κ2) is 13.4. The van der Waals surface area contributed by atoms with E-state index in [9.17, 15) is 9.59 Å². The highest BCUT2D eigenvalue weighted by Gasteiger charge is 2.20. The monoisotopic (exact) mass is 514 g/mol. The van der Waals surface area contributed by atoms with Crippen molar-refractivity contribution >= 4 is 22.8 Å². The molecular formula is C30H34N4O4. The normalized spacial score (nSPS) is 11.7. The molecule has 8 heteroatoms. The molecule has 198 valence electrons. The molecule has 0 bridgehead atoms. The Bertz CT molecular complexity index is 1350.